The van der Waals surface area contributed by atoms with Crippen LogP contribution in [0.2, 0.25) is 0 Å². The second kappa shape index (κ2) is 7.21. The summed E-state index contributed by atoms with van der Waals surface area (Å²) in [5.41, 5.74) is 8.38. The SMILES string of the molecule is Cc1sc(CN=C(N)NC2CCOc3ccccc32)nc1C(C)C. The highest BCUT2D eigenvalue weighted by Gasteiger charge is 2.21. The van der Waals surface area contributed by atoms with E-state index in [-0.39, 0.29) is 6.04 Å². The van der Waals surface area contributed by atoms with Crippen LogP contribution in [0.4, 0.5) is 0 Å². The Morgan fingerprint density at radius 3 is 3.00 bits per heavy atom. The largest absolute Gasteiger partial charge is 0.493 e. The molecular weight excluding hydrogens is 320 g/mol. The van der Waals surface area contributed by atoms with Gasteiger partial charge in [-0.25, -0.2) is 9.98 Å². The van der Waals surface area contributed by atoms with Crippen molar-refractivity contribution < 1.29 is 4.74 Å². The van der Waals surface area contributed by atoms with Gasteiger partial charge in [0.2, 0.25) is 0 Å². The molecule has 2 heterocycles. The first-order valence-corrected chi connectivity index (χ1v) is 9.10. The van der Waals surface area contributed by atoms with Crippen molar-refractivity contribution in [3.63, 3.8) is 0 Å². The number of guanidine groups is 1. The average molecular weight is 344 g/mol. The number of ether oxygens (including phenoxy) is 1. The minimum Gasteiger partial charge on any atom is -0.493 e. The number of hydrogen-bond donors (Lipinski definition) is 2. The molecule has 5 nitrogen and oxygen atoms in total. The van der Waals surface area contributed by atoms with Crippen LogP contribution >= 0.6 is 11.3 Å². The van der Waals surface area contributed by atoms with E-state index in [0.29, 0.717) is 25.0 Å². The van der Waals surface area contributed by atoms with Crippen LogP contribution in [0.3, 0.4) is 0 Å². The summed E-state index contributed by atoms with van der Waals surface area (Å²) in [6.07, 6.45) is 0.876. The van der Waals surface area contributed by atoms with Crippen molar-refractivity contribution in [3.05, 3.63) is 45.4 Å². The zero-order valence-electron chi connectivity index (χ0n) is 14.4. The van der Waals surface area contributed by atoms with Crippen molar-refractivity contribution in [2.45, 2.75) is 45.7 Å². The molecule has 1 aromatic heterocycles. The molecule has 0 fully saturated rings. The molecule has 1 aliphatic heterocycles. The molecule has 2 aromatic rings. The monoisotopic (exact) mass is 344 g/mol. The molecule has 0 saturated heterocycles. The van der Waals surface area contributed by atoms with Crippen LogP contribution in [-0.4, -0.2) is 17.6 Å². The zero-order valence-corrected chi connectivity index (χ0v) is 15.2. The van der Waals surface area contributed by atoms with Gasteiger partial charge < -0.3 is 15.8 Å². The first kappa shape index (κ1) is 16.8. The third-order valence-corrected chi connectivity index (χ3v) is 5.06. The number of aliphatic imine (C=N–C) groups is 1. The highest BCUT2D eigenvalue weighted by atomic mass is 32.1. The lowest BCUT2D eigenvalue weighted by Crippen LogP contribution is -2.37. The molecule has 0 bridgehead atoms. The number of aromatic nitrogens is 1. The van der Waals surface area contributed by atoms with E-state index in [1.165, 1.54) is 4.88 Å². The van der Waals surface area contributed by atoms with E-state index in [2.05, 4.69) is 42.1 Å². The highest BCUT2D eigenvalue weighted by Crippen LogP contribution is 2.31. The fourth-order valence-corrected chi connectivity index (χ4v) is 3.95. The molecule has 0 aliphatic carbocycles. The fraction of sp³-hybridized carbons (Fsp3) is 0.444. The minimum absolute atomic E-state index is 0.142. The molecule has 1 aromatic carbocycles. The van der Waals surface area contributed by atoms with Crippen LogP contribution in [0.15, 0.2) is 29.3 Å². The quantitative estimate of drug-likeness (QED) is 0.658. The van der Waals surface area contributed by atoms with E-state index in [9.17, 15) is 0 Å². The normalized spacial score (nSPS) is 17.5. The van der Waals surface area contributed by atoms with Gasteiger partial charge in [-0.3, -0.25) is 0 Å². The molecule has 128 valence electrons. The molecule has 3 rings (SSSR count). The summed E-state index contributed by atoms with van der Waals surface area (Å²) in [5.74, 6) is 1.81. The number of benzene rings is 1. The van der Waals surface area contributed by atoms with Gasteiger partial charge in [0.25, 0.3) is 0 Å². The Morgan fingerprint density at radius 2 is 2.25 bits per heavy atom. The summed E-state index contributed by atoms with van der Waals surface area (Å²) in [4.78, 5) is 10.4. The van der Waals surface area contributed by atoms with Crippen molar-refractivity contribution >= 4 is 17.3 Å². The van der Waals surface area contributed by atoms with E-state index < -0.39 is 0 Å². The Morgan fingerprint density at radius 1 is 1.46 bits per heavy atom. The van der Waals surface area contributed by atoms with Crippen molar-refractivity contribution in [1.29, 1.82) is 0 Å². The average Bonchev–Trinajstić information content (AvgIpc) is 2.94. The number of fused-ring (bicyclic) bond motifs is 1. The molecule has 1 aliphatic rings. The van der Waals surface area contributed by atoms with Crippen molar-refractivity contribution in [2.75, 3.05) is 6.61 Å². The maximum Gasteiger partial charge on any atom is 0.189 e. The molecule has 0 saturated carbocycles. The van der Waals surface area contributed by atoms with Crippen LogP contribution < -0.4 is 15.8 Å². The predicted molar refractivity (Wildman–Crippen MR) is 98.7 cm³/mol. The first-order valence-electron chi connectivity index (χ1n) is 8.29. The van der Waals surface area contributed by atoms with E-state index in [4.69, 9.17) is 10.5 Å². The van der Waals surface area contributed by atoms with Gasteiger partial charge in [-0.15, -0.1) is 11.3 Å². The topological polar surface area (TPSA) is 72.5 Å². The first-order chi connectivity index (χ1) is 11.5. The summed E-state index contributed by atoms with van der Waals surface area (Å²) < 4.78 is 5.67. The molecule has 0 radical (unpaired) electrons. The Hall–Kier alpha value is -2.08. The number of nitrogens with one attached hydrogen (secondary N) is 1. The number of nitrogens with two attached hydrogens (primary N) is 1. The predicted octanol–water partition coefficient (Wildman–Crippen LogP) is 3.50. The standard InChI is InChI=1S/C18H24N4OS/c1-11(2)17-12(3)24-16(22-17)10-20-18(19)21-14-8-9-23-15-7-5-4-6-13(14)15/h4-7,11,14H,8-10H2,1-3H3,(H3,19,20,21). The number of para-hydroxylation sites is 1. The number of nitrogens with zero attached hydrogens (tertiary/aromatic N) is 2. The van der Waals surface area contributed by atoms with Crippen LogP contribution in [-0.2, 0) is 6.54 Å². The summed E-state index contributed by atoms with van der Waals surface area (Å²) in [7, 11) is 0. The lowest BCUT2D eigenvalue weighted by Gasteiger charge is -2.26. The number of rotatable bonds is 4. The van der Waals surface area contributed by atoms with Gasteiger partial charge in [-0.2, -0.15) is 0 Å². The summed E-state index contributed by atoms with van der Waals surface area (Å²) in [6, 6.07) is 8.20. The second-order valence-corrected chi connectivity index (χ2v) is 7.56. The molecule has 1 atom stereocenters. The van der Waals surface area contributed by atoms with Crippen LogP contribution in [0.25, 0.3) is 0 Å². The van der Waals surface area contributed by atoms with Gasteiger partial charge in [0, 0.05) is 16.9 Å². The summed E-state index contributed by atoms with van der Waals surface area (Å²) in [5, 5.41) is 4.32. The molecular formula is C18H24N4OS. The van der Waals surface area contributed by atoms with E-state index >= 15 is 0 Å². The number of aryl methyl sites for hydroxylation is 1. The third-order valence-electron chi connectivity index (χ3n) is 4.09. The van der Waals surface area contributed by atoms with E-state index in [0.717, 1.165) is 28.4 Å². The summed E-state index contributed by atoms with van der Waals surface area (Å²) in [6.45, 7) is 7.63. The van der Waals surface area contributed by atoms with Crippen LogP contribution in [0.1, 0.15) is 53.4 Å². The van der Waals surface area contributed by atoms with Crippen LogP contribution in [0, 0.1) is 6.92 Å². The zero-order chi connectivity index (χ0) is 17.1. The molecule has 6 heteroatoms. The third kappa shape index (κ3) is 3.70. The Kier molecular flexibility index (Phi) is 5.04. The number of hydrogen-bond acceptors (Lipinski definition) is 4. The van der Waals surface area contributed by atoms with Gasteiger partial charge >= 0.3 is 0 Å². The number of thiazole rings is 1. The molecule has 0 amide bonds. The molecule has 24 heavy (non-hydrogen) atoms. The lowest BCUT2D eigenvalue weighted by molar-refractivity contribution is 0.262. The summed E-state index contributed by atoms with van der Waals surface area (Å²) >= 11 is 1.70. The Labute approximate surface area is 147 Å². The van der Waals surface area contributed by atoms with Gasteiger partial charge in [-0.05, 0) is 18.9 Å². The van der Waals surface area contributed by atoms with E-state index in [1.54, 1.807) is 11.3 Å². The lowest BCUT2D eigenvalue weighted by atomic mass is 10.0. The molecule has 3 N–H and O–H groups in total. The smallest absolute Gasteiger partial charge is 0.189 e. The Bertz CT molecular complexity index is 738. The van der Waals surface area contributed by atoms with Gasteiger partial charge in [0.05, 0.1) is 24.9 Å². The minimum atomic E-state index is 0.142. The molecule has 1 unspecified atom stereocenters. The highest BCUT2D eigenvalue weighted by molar-refractivity contribution is 7.11. The molecule has 0 spiro atoms. The van der Waals surface area contributed by atoms with Crippen molar-refractivity contribution in [1.82, 2.24) is 10.3 Å². The van der Waals surface area contributed by atoms with Crippen molar-refractivity contribution in [2.24, 2.45) is 10.7 Å². The van der Waals surface area contributed by atoms with Crippen LogP contribution in [0.5, 0.6) is 5.75 Å². The fourth-order valence-electron chi connectivity index (χ4n) is 2.94. The van der Waals surface area contributed by atoms with Crippen molar-refractivity contribution in [3.8, 4) is 5.75 Å². The van der Waals surface area contributed by atoms with Gasteiger partial charge in [-0.1, -0.05) is 32.0 Å². The van der Waals surface area contributed by atoms with Gasteiger partial charge in [0.15, 0.2) is 5.96 Å². The Balaban J connectivity index is 1.66. The van der Waals surface area contributed by atoms with E-state index in [1.807, 2.05) is 18.2 Å². The second-order valence-electron chi connectivity index (χ2n) is 6.28. The van der Waals surface area contributed by atoms with Gasteiger partial charge in [0.1, 0.15) is 10.8 Å². The maximum atomic E-state index is 6.09. The maximum absolute atomic E-state index is 6.09.